The van der Waals surface area contributed by atoms with E-state index in [4.69, 9.17) is 14.2 Å². The second kappa shape index (κ2) is 11.1. The fourth-order valence-electron chi connectivity index (χ4n) is 3.25. The summed E-state index contributed by atoms with van der Waals surface area (Å²) in [7, 11) is 0. The first-order valence-corrected chi connectivity index (χ1v) is 12.1. The highest BCUT2D eigenvalue weighted by Crippen LogP contribution is 2.40. The second-order valence-corrected chi connectivity index (χ2v) is 11.3. The fourth-order valence-corrected chi connectivity index (χ4v) is 3.25. The Morgan fingerprint density at radius 3 is 1.86 bits per heavy atom. The van der Waals surface area contributed by atoms with E-state index in [-0.39, 0.29) is 29.4 Å². The van der Waals surface area contributed by atoms with Crippen molar-refractivity contribution in [2.45, 2.75) is 86.9 Å². The standard InChI is InChI=1S/C30H40O5/c1-19(2)33-26-18-16-24(29(5,6)7)27(34-20(3)4)23(26)15-17-25(31)21-11-13-22(14-12-21)35-28(32)30(8,9)10/h11-20H,1-10H3/b17-15+. The molecule has 0 heterocycles. The molecule has 190 valence electrons. The van der Waals surface area contributed by atoms with Gasteiger partial charge in [-0.1, -0.05) is 26.8 Å². The molecule has 0 aliphatic rings. The van der Waals surface area contributed by atoms with Gasteiger partial charge in [0.1, 0.15) is 17.2 Å². The van der Waals surface area contributed by atoms with E-state index >= 15 is 0 Å². The molecule has 2 aromatic carbocycles. The SMILES string of the molecule is CC(C)Oc1ccc(C(C)(C)C)c(OC(C)C)c1/C=C/C(=O)c1ccc(OC(=O)C(C)(C)C)cc1. The second-order valence-electron chi connectivity index (χ2n) is 11.3. The lowest BCUT2D eigenvalue weighted by Gasteiger charge is -2.27. The Labute approximate surface area is 210 Å². The van der Waals surface area contributed by atoms with Gasteiger partial charge in [-0.25, -0.2) is 0 Å². The van der Waals surface area contributed by atoms with E-state index in [9.17, 15) is 9.59 Å². The predicted octanol–water partition coefficient (Wildman–Crippen LogP) is 7.41. The summed E-state index contributed by atoms with van der Waals surface area (Å²) in [6, 6.07) is 10.5. The first kappa shape index (κ1) is 28.2. The zero-order chi connectivity index (χ0) is 26.6. The summed E-state index contributed by atoms with van der Waals surface area (Å²) < 4.78 is 17.7. The van der Waals surface area contributed by atoms with Gasteiger partial charge in [0, 0.05) is 11.1 Å². The Morgan fingerprint density at radius 2 is 1.37 bits per heavy atom. The number of rotatable bonds is 8. The quantitative estimate of drug-likeness (QED) is 0.170. The minimum absolute atomic E-state index is 0.0337. The zero-order valence-electron chi connectivity index (χ0n) is 22.8. The van der Waals surface area contributed by atoms with E-state index in [1.54, 1.807) is 51.1 Å². The average molecular weight is 481 g/mol. The molecule has 0 fully saturated rings. The number of carbonyl (C=O) groups excluding carboxylic acids is 2. The van der Waals surface area contributed by atoms with Gasteiger partial charge in [-0.3, -0.25) is 9.59 Å². The number of ketones is 1. The van der Waals surface area contributed by atoms with Crippen molar-refractivity contribution in [2.75, 3.05) is 0 Å². The van der Waals surface area contributed by atoms with Crippen LogP contribution in [0.2, 0.25) is 0 Å². The Morgan fingerprint density at radius 1 is 0.800 bits per heavy atom. The van der Waals surface area contributed by atoms with Crippen molar-refractivity contribution < 1.29 is 23.8 Å². The van der Waals surface area contributed by atoms with Crippen LogP contribution in [0, 0.1) is 5.41 Å². The monoisotopic (exact) mass is 480 g/mol. The molecule has 0 atom stereocenters. The van der Waals surface area contributed by atoms with Gasteiger partial charge in [0.05, 0.1) is 23.2 Å². The lowest BCUT2D eigenvalue weighted by molar-refractivity contribution is -0.143. The first-order chi connectivity index (χ1) is 16.1. The third kappa shape index (κ3) is 7.98. The van der Waals surface area contributed by atoms with Crippen molar-refractivity contribution in [3.05, 3.63) is 59.2 Å². The molecule has 0 N–H and O–H groups in total. The van der Waals surface area contributed by atoms with Crippen molar-refractivity contribution in [3.8, 4) is 17.2 Å². The van der Waals surface area contributed by atoms with E-state index in [1.165, 1.54) is 6.08 Å². The molecule has 0 aliphatic carbocycles. The molecule has 0 saturated carbocycles. The molecular weight excluding hydrogens is 440 g/mol. The normalized spacial score (nSPS) is 12.3. The molecule has 5 heteroatoms. The van der Waals surface area contributed by atoms with Crippen LogP contribution in [0.25, 0.3) is 6.08 Å². The maximum absolute atomic E-state index is 13.0. The van der Waals surface area contributed by atoms with Crippen molar-refractivity contribution in [1.82, 2.24) is 0 Å². The summed E-state index contributed by atoms with van der Waals surface area (Å²) in [5.74, 6) is 1.29. The van der Waals surface area contributed by atoms with Crippen molar-refractivity contribution in [1.29, 1.82) is 0 Å². The van der Waals surface area contributed by atoms with Crippen LogP contribution in [0.15, 0.2) is 42.5 Å². The van der Waals surface area contributed by atoms with Gasteiger partial charge in [-0.2, -0.15) is 0 Å². The smallest absolute Gasteiger partial charge is 0.316 e. The summed E-state index contributed by atoms with van der Waals surface area (Å²) in [6.07, 6.45) is 3.21. The first-order valence-electron chi connectivity index (χ1n) is 12.1. The summed E-state index contributed by atoms with van der Waals surface area (Å²) in [6.45, 7) is 19.7. The number of esters is 1. The van der Waals surface area contributed by atoms with Crippen LogP contribution in [-0.2, 0) is 10.2 Å². The molecule has 0 amide bonds. The van der Waals surface area contributed by atoms with Crippen molar-refractivity contribution in [2.24, 2.45) is 5.41 Å². The molecule has 5 nitrogen and oxygen atoms in total. The van der Waals surface area contributed by atoms with Gasteiger partial charge in [0.2, 0.25) is 0 Å². The summed E-state index contributed by atoms with van der Waals surface area (Å²) >= 11 is 0. The maximum atomic E-state index is 13.0. The number of hydrogen-bond donors (Lipinski definition) is 0. The van der Waals surface area contributed by atoms with Crippen LogP contribution in [0.5, 0.6) is 17.2 Å². The molecule has 2 rings (SSSR count). The molecule has 0 aliphatic heterocycles. The molecule has 2 aromatic rings. The van der Waals surface area contributed by atoms with Gasteiger partial charge in [0.15, 0.2) is 5.78 Å². The molecule has 0 saturated heterocycles. The topological polar surface area (TPSA) is 61.8 Å². The predicted molar refractivity (Wildman–Crippen MR) is 142 cm³/mol. The third-order valence-corrected chi connectivity index (χ3v) is 5.04. The van der Waals surface area contributed by atoms with E-state index in [0.717, 1.165) is 16.9 Å². The third-order valence-electron chi connectivity index (χ3n) is 5.04. The highest BCUT2D eigenvalue weighted by Gasteiger charge is 2.25. The van der Waals surface area contributed by atoms with Crippen LogP contribution in [-0.4, -0.2) is 24.0 Å². The molecule has 0 spiro atoms. The van der Waals surface area contributed by atoms with Gasteiger partial charge < -0.3 is 14.2 Å². The number of ether oxygens (including phenoxy) is 3. The lowest BCUT2D eigenvalue weighted by atomic mass is 9.84. The summed E-state index contributed by atoms with van der Waals surface area (Å²) in [5.41, 5.74) is 1.50. The Kier molecular flexibility index (Phi) is 8.94. The fraction of sp³-hybridized carbons (Fsp3) is 0.467. The van der Waals surface area contributed by atoms with Gasteiger partial charge >= 0.3 is 5.97 Å². The molecule has 0 bridgehead atoms. The van der Waals surface area contributed by atoms with Crippen molar-refractivity contribution >= 4 is 17.8 Å². The van der Waals surface area contributed by atoms with Gasteiger partial charge in [0.25, 0.3) is 0 Å². The summed E-state index contributed by atoms with van der Waals surface area (Å²) in [5, 5.41) is 0. The number of allylic oxidation sites excluding steroid dienone is 1. The van der Waals surface area contributed by atoms with Gasteiger partial charge in [-0.15, -0.1) is 0 Å². The molecule has 0 unspecified atom stereocenters. The van der Waals surface area contributed by atoms with Crippen LogP contribution in [0.3, 0.4) is 0 Å². The largest absolute Gasteiger partial charge is 0.490 e. The van der Waals surface area contributed by atoms with Crippen LogP contribution in [0.1, 0.15) is 90.7 Å². The highest BCUT2D eigenvalue weighted by atomic mass is 16.5. The number of hydrogen-bond acceptors (Lipinski definition) is 5. The lowest BCUT2D eigenvalue weighted by Crippen LogP contribution is -2.25. The van der Waals surface area contributed by atoms with E-state index < -0.39 is 5.41 Å². The van der Waals surface area contributed by atoms with E-state index in [2.05, 4.69) is 20.8 Å². The maximum Gasteiger partial charge on any atom is 0.316 e. The molecular formula is C30H40O5. The molecule has 0 radical (unpaired) electrons. The van der Waals surface area contributed by atoms with Crippen molar-refractivity contribution in [3.63, 3.8) is 0 Å². The average Bonchev–Trinajstić information content (AvgIpc) is 2.71. The van der Waals surface area contributed by atoms with Gasteiger partial charge in [-0.05, 0) is 96.4 Å². The van der Waals surface area contributed by atoms with Crippen LogP contribution >= 0.6 is 0 Å². The minimum atomic E-state index is -0.607. The highest BCUT2D eigenvalue weighted by molar-refractivity contribution is 6.07. The Hall–Kier alpha value is -3.08. The van der Waals surface area contributed by atoms with Crippen LogP contribution in [0.4, 0.5) is 0 Å². The van der Waals surface area contributed by atoms with E-state index in [0.29, 0.717) is 17.1 Å². The van der Waals surface area contributed by atoms with E-state index in [1.807, 2.05) is 39.8 Å². The van der Waals surface area contributed by atoms with Crippen LogP contribution < -0.4 is 14.2 Å². The minimum Gasteiger partial charge on any atom is -0.490 e. The number of carbonyl (C=O) groups is 2. The number of benzene rings is 2. The zero-order valence-corrected chi connectivity index (χ0v) is 22.8. The Balaban J connectivity index is 2.42. The molecule has 0 aromatic heterocycles. The summed E-state index contributed by atoms with van der Waals surface area (Å²) in [4.78, 5) is 25.1. The Bertz CT molecular complexity index is 1060. The molecule has 35 heavy (non-hydrogen) atoms.